The van der Waals surface area contributed by atoms with Crippen molar-refractivity contribution in [3.63, 3.8) is 0 Å². The van der Waals surface area contributed by atoms with Crippen LogP contribution in [0.4, 0.5) is 0 Å². The molecule has 2 unspecified atom stereocenters. The molecule has 0 aromatic carbocycles. The summed E-state index contributed by atoms with van der Waals surface area (Å²) in [6.45, 7) is 3.15. The Morgan fingerprint density at radius 3 is 2.94 bits per heavy atom. The van der Waals surface area contributed by atoms with Crippen LogP contribution in [0.3, 0.4) is 0 Å². The molecule has 2 atom stereocenters. The zero-order chi connectivity index (χ0) is 12.3. The van der Waals surface area contributed by atoms with Gasteiger partial charge in [-0.05, 0) is 25.5 Å². The number of hydrogen-bond acceptors (Lipinski definition) is 3. The number of carbonyl (C=O) groups is 2. The summed E-state index contributed by atoms with van der Waals surface area (Å²) in [5.74, 6) is 1.27. The summed E-state index contributed by atoms with van der Waals surface area (Å²) in [5, 5.41) is 3.28. The molecule has 2 saturated heterocycles. The third-order valence-electron chi connectivity index (χ3n) is 3.37. The number of nitrogens with zero attached hydrogens (tertiary/aromatic N) is 1. The zero-order valence-electron chi connectivity index (χ0n) is 10.3. The first-order valence-electron chi connectivity index (χ1n) is 6.36. The summed E-state index contributed by atoms with van der Waals surface area (Å²) in [4.78, 5) is 25.3. The molecule has 0 saturated carbocycles. The van der Waals surface area contributed by atoms with Crippen molar-refractivity contribution in [2.24, 2.45) is 0 Å². The summed E-state index contributed by atoms with van der Waals surface area (Å²) >= 11 is 1.97. The topological polar surface area (TPSA) is 49.4 Å². The standard InChI is InChI=1S/C12H20N2O2S/c1-9-12(16)14(6-5-11(15)13-9)8-10-4-2-3-7-17-10/h9-10H,2-8H2,1H3,(H,13,15). The number of hydrogen-bond donors (Lipinski definition) is 1. The van der Waals surface area contributed by atoms with Gasteiger partial charge < -0.3 is 10.2 Å². The second kappa shape index (κ2) is 5.76. The van der Waals surface area contributed by atoms with E-state index in [1.165, 1.54) is 25.0 Å². The lowest BCUT2D eigenvalue weighted by molar-refractivity contribution is -0.133. The van der Waals surface area contributed by atoms with Crippen molar-refractivity contribution >= 4 is 23.6 Å². The van der Waals surface area contributed by atoms with E-state index in [2.05, 4.69) is 5.32 Å². The van der Waals surface area contributed by atoms with Gasteiger partial charge in [-0.15, -0.1) is 0 Å². The predicted octanol–water partition coefficient (Wildman–Crippen LogP) is 1.01. The summed E-state index contributed by atoms with van der Waals surface area (Å²) in [6.07, 6.45) is 4.20. The Bertz CT molecular complexity index is 303. The van der Waals surface area contributed by atoms with Crippen LogP contribution >= 0.6 is 11.8 Å². The molecule has 2 rings (SSSR count). The van der Waals surface area contributed by atoms with E-state index in [9.17, 15) is 9.59 Å². The third-order valence-corrected chi connectivity index (χ3v) is 4.75. The molecule has 5 heteroatoms. The van der Waals surface area contributed by atoms with Gasteiger partial charge in [0.2, 0.25) is 11.8 Å². The zero-order valence-corrected chi connectivity index (χ0v) is 11.1. The molecule has 0 aromatic rings. The van der Waals surface area contributed by atoms with Crippen LogP contribution in [0.1, 0.15) is 32.6 Å². The number of rotatable bonds is 2. The highest BCUT2D eigenvalue weighted by atomic mass is 32.2. The summed E-state index contributed by atoms with van der Waals surface area (Å²) < 4.78 is 0. The Kier molecular flexibility index (Phi) is 4.31. The first kappa shape index (κ1) is 12.7. The summed E-state index contributed by atoms with van der Waals surface area (Å²) in [6, 6.07) is -0.362. The van der Waals surface area contributed by atoms with Crippen LogP contribution in [0.5, 0.6) is 0 Å². The predicted molar refractivity (Wildman–Crippen MR) is 68.9 cm³/mol. The van der Waals surface area contributed by atoms with Crippen LogP contribution in [0.25, 0.3) is 0 Å². The summed E-state index contributed by atoms with van der Waals surface area (Å²) in [5.41, 5.74) is 0. The van der Waals surface area contributed by atoms with Gasteiger partial charge in [0.05, 0.1) is 0 Å². The highest BCUT2D eigenvalue weighted by molar-refractivity contribution is 7.99. The van der Waals surface area contributed by atoms with Crippen molar-refractivity contribution in [1.29, 1.82) is 0 Å². The smallest absolute Gasteiger partial charge is 0.244 e. The largest absolute Gasteiger partial charge is 0.345 e. The van der Waals surface area contributed by atoms with Crippen molar-refractivity contribution in [3.05, 3.63) is 0 Å². The number of carbonyl (C=O) groups excluding carboxylic acids is 2. The third kappa shape index (κ3) is 3.37. The Morgan fingerprint density at radius 2 is 2.24 bits per heavy atom. The Balaban J connectivity index is 1.93. The quantitative estimate of drug-likeness (QED) is 0.802. The van der Waals surface area contributed by atoms with Crippen LogP contribution in [0.15, 0.2) is 0 Å². The molecule has 4 nitrogen and oxygen atoms in total. The minimum atomic E-state index is -0.362. The minimum Gasteiger partial charge on any atom is -0.345 e. The molecule has 1 N–H and O–H groups in total. The molecule has 0 bridgehead atoms. The Morgan fingerprint density at radius 1 is 1.41 bits per heavy atom. The SMILES string of the molecule is CC1NC(=O)CCN(CC2CCCCS2)C1=O. The normalized spacial score (nSPS) is 31.0. The van der Waals surface area contributed by atoms with E-state index >= 15 is 0 Å². The second-order valence-corrected chi connectivity index (χ2v) is 6.22. The molecule has 2 amide bonds. The van der Waals surface area contributed by atoms with Gasteiger partial charge in [-0.1, -0.05) is 6.42 Å². The summed E-state index contributed by atoms with van der Waals surface area (Å²) in [7, 11) is 0. The van der Waals surface area contributed by atoms with E-state index in [-0.39, 0.29) is 17.9 Å². The molecular weight excluding hydrogens is 236 g/mol. The van der Waals surface area contributed by atoms with Crippen molar-refractivity contribution in [1.82, 2.24) is 10.2 Å². The van der Waals surface area contributed by atoms with E-state index in [4.69, 9.17) is 0 Å². The molecule has 96 valence electrons. The van der Waals surface area contributed by atoms with Crippen LogP contribution in [0, 0.1) is 0 Å². The van der Waals surface area contributed by atoms with Crippen LogP contribution in [-0.4, -0.2) is 46.8 Å². The van der Waals surface area contributed by atoms with Gasteiger partial charge in [0.25, 0.3) is 0 Å². The maximum atomic E-state index is 12.1. The highest BCUT2D eigenvalue weighted by Gasteiger charge is 2.28. The lowest BCUT2D eigenvalue weighted by atomic mass is 10.1. The molecule has 2 aliphatic heterocycles. The first-order valence-corrected chi connectivity index (χ1v) is 7.41. The molecule has 0 aromatic heterocycles. The molecular formula is C12H20N2O2S. The molecule has 0 spiro atoms. The average molecular weight is 256 g/mol. The lowest BCUT2D eigenvalue weighted by Crippen LogP contribution is -2.45. The van der Waals surface area contributed by atoms with Gasteiger partial charge in [0.15, 0.2) is 0 Å². The number of nitrogens with one attached hydrogen (secondary N) is 1. The fourth-order valence-corrected chi connectivity index (χ4v) is 3.70. The van der Waals surface area contributed by atoms with E-state index in [1.807, 2.05) is 16.7 Å². The van der Waals surface area contributed by atoms with Crippen molar-refractivity contribution < 1.29 is 9.59 Å². The van der Waals surface area contributed by atoms with Gasteiger partial charge in [-0.25, -0.2) is 0 Å². The van der Waals surface area contributed by atoms with E-state index < -0.39 is 0 Å². The number of thioether (sulfide) groups is 1. The second-order valence-electron chi connectivity index (χ2n) is 4.81. The maximum absolute atomic E-state index is 12.1. The molecule has 2 fully saturated rings. The van der Waals surface area contributed by atoms with E-state index in [0.29, 0.717) is 18.2 Å². The van der Waals surface area contributed by atoms with Gasteiger partial charge in [-0.2, -0.15) is 11.8 Å². The van der Waals surface area contributed by atoms with Gasteiger partial charge >= 0.3 is 0 Å². The minimum absolute atomic E-state index is 0.00959. The fraction of sp³-hybridized carbons (Fsp3) is 0.833. The van der Waals surface area contributed by atoms with Crippen molar-refractivity contribution in [3.8, 4) is 0 Å². The van der Waals surface area contributed by atoms with Crippen molar-refractivity contribution in [2.45, 2.75) is 43.9 Å². The monoisotopic (exact) mass is 256 g/mol. The van der Waals surface area contributed by atoms with Crippen LogP contribution < -0.4 is 5.32 Å². The van der Waals surface area contributed by atoms with Gasteiger partial charge in [0, 0.05) is 24.8 Å². The Labute approximate surface area is 106 Å². The molecule has 17 heavy (non-hydrogen) atoms. The molecule has 0 radical (unpaired) electrons. The van der Waals surface area contributed by atoms with E-state index in [0.717, 1.165) is 6.54 Å². The molecule has 2 heterocycles. The van der Waals surface area contributed by atoms with Gasteiger partial charge in [0.1, 0.15) is 6.04 Å². The van der Waals surface area contributed by atoms with Crippen LogP contribution in [-0.2, 0) is 9.59 Å². The lowest BCUT2D eigenvalue weighted by Gasteiger charge is -2.29. The number of amides is 2. The Hall–Kier alpha value is -0.710. The average Bonchev–Trinajstić information content (AvgIpc) is 2.44. The maximum Gasteiger partial charge on any atom is 0.244 e. The van der Waals surface area contributed by atoms with Gasteiger partial charge in [-0.3, -0.25) is 9.59 Å². The van der Waals surface area contributed by atoms with Crippen LogP contribution in [0.2, 0.25) is 0 Å². The highest BCUT2D eigenvalue weighted by Crippen LogP contribution is 2.26. The molecule has 0 aliphatic carbocycles. The first-order chi connectivity index (χ1) is 8.16. The van der Waals surface area contributed by atoms with Crippen molar-refractivity contribution in [2.75, 3.05) is 18.8 Å². The van der Waals surface area contributed by atoms with E-state index in [1.54, 1.807) is 6.92 Å². The molecule has 2 aliphatic rings. The fourth-order valence-electron chi connectivity index (χ4n) is 2.37.